The van der Waals surface area contributed by atoms with E-state index in [0.29, 0.717) is 6.04 Å². The predicted octanol–water partition coefficient (Wildman–Crippen LogP) is 1.54. The van der Waals surface area contributed by atoms with Gasteiger partial charge in [-0.15, -0.1) is 0 Å². The molecule has 100 valence electrons. The first-order valence-corrected chi connectivity index (χ1v) is 7.30. The Morgan fingerprint density at radius 2 is 1.71 bits per heavy atom. The Balaban J connectivity index is 1.90. The number of likely N-dealkylation sites (N-methyl/N-ethyl adjacent to an activating group) is 2. The Bertz CT molecular complexity index is 224. The van der Waals surface area contributed by atoms with E-state index in [9.17, 15) is 0 Å². The van der Waals surface area contributed by atoms with E-state index < -0.39 is 0 Å². The van der Waals surface area contributed by atoms with E-state index in [1.54, 1.807) is 0 Å². The number of hydrogen-bond acceptors (Lipinski definition) is 3. The molecule has 2 aliphatic rings. The molecule has 3 heteroatoms. The van der Waals surface area contributed by atoms with Crippen molar-refractivity contribution in [2.75, 3.05) is 34.2 Å². The van der Waals surface area contributed by atoms with Crippen molar-refractivity contribution in [1.29, 1.82) is 0 Å². The van der Waals surface area contributed by atoms with Crippen LogP contribution in [0.25, 0.3) is 0 Å². The third-order valence-electron chi connectivity index (χ3n) is 4.89. The van der Waals surface area contributed by atoms with Gasteiger partial charge in [0.15, 0.2) is 0 Å². The van der Waals surface area contributed by atoms with Gasteiger partial charge in [-0.05, 0) is 59.9 Å². The van der Waals surface area contributed by atoms with Gasteiger partial charge in [-0.1, -0.05) is 12.8 Å². The molecule has 1 N–H and O–H groups in total. The average Bonchev–Trinajstić information content (AvgIpc) is 2.39. The largest absolute Gasteiger partial charge is 0.315 e. The fraction of sp³-hybridized carbons (Fsp3) is 1.00. The van der Waals surface area contributed by atoms with Gasteiger partial charge in [-0.25, -0.2) is 0 Å². The zero-order chi connectivity index (χ0) is 12.3. The second kappa shape index (κ2) is 6.17. The minimum atomic E-state index is 0.716. The van der Waals surface area contributed by atoms with E-state index in [1.807, 2.05) is 0 Å². The third-order valence-corrected chi connectivity index (χ3v) is 4.89. The molecule has 0 unspecified atom stereocenters. The van der Waals surface area contributed by atoms with Crippen molar-refractivity contribution >= 4 is 0 Å². The summed E-state index contributed by atoms with van der Waals surface area (Å²) < 4.78 is 0. The van der Waals surface area contributed by atoms with Crippen molar-refractivity contribution in [3.8, 4) is 0 Å². The predicted molar refractivity (Wildman–Crippen MR) is 73.4 cm³/mol. The van der Waals surface area contributed by atoms with E-state index >= 15 is 0 Å². The van der Waals surface area contributed by atoms with Crippen molar-refractivity contribution in [2.45, 2.75) is 56.7 Å². The quantitative estimate of drug-likeness (QED) is 0.806. The Hall–Kier alpha value is -0.120. The van der Waals surface area contributed by atoms with Crippen LogP contribution in [-0.4, -0.2) is 62.2 Å². The maximum absolute atomic E-state index is 3.53. The highest BCUT2D eigenvalue weighted by atomic mass is 15.2. The van der Waals surface area contributed by atoms with Gasteiger partial charge < -0.3 is 10.2 Å². The van der Waals surface area contributed by atoms with Gasteiger partial charge in [0.2, 0.25) is 0 Å². The second-order valence-corrected chi connectivity index (χ2v) is 5.95. The zero-order valence-corrected chi connectivity index (χ0v) is 11.8. The average molecular weight is 239 g/mol. The van der Waals surface area contributed by atoms with Crippen LogP contribution in [0.15, 0.2) is 0 Å². The van der Waals surface area contributed by atoms with E-state index in [-0.39, 0.29) is 0 Å². The highest BCUT2D eigenvalue weighted by Gasteiger charge is 2.31. The fourth-order valence-corrected chi connectivity index (χ4v) is 3.61. The topological polar surface area (TPSA) is 18.5 Å². The maximum atomic E-state index is 3.53. The summed E-state index contributed by atoms with van der Waals surface area (Å²) in [5.74, 6) is 0. The third kappa shape index (κ3) is 3.21. The van der Waals surface area contributed by atoms with Gasteiger partial charge >= 0.3 is 0 Å². The van der Waals surface area contributed by atoms with Crippen molar-refractivity contribution in [2.24, 2.45) is 0 Å². The van der Waals surface area contributed by atoms with Crippen LogP contribution in [0, 0.1) is 0 Å². The summed E-state index contributed by atoms with van der Waals surface area (Å²) in [6, 6.07) is 2.29. The van der Waals surface area contributed by atoms with Crippen LogP contribution in [0.3, 0.4) is 0 Å². The highest BCUT2D eigenvalue weighted by molar-refractivity contribution is 4.90. The Morgan fingerprint density at radius 3 is 2.35 bits per heavy atom. The van der Waals surface area contributed by atoms with E-state index in [2.05, 4.69) is 36.3 Å². The first-order valence-electron chi connectivity index (χ1n) is 7.30. The van der Waals surface area contributed by atoms with E-state index in [4.69, 9.17) is 0 Å². The number of nitrogens with one attached hydrogen (secondary N) is 1. The van der Waals surface area contributed by atoms with Gasteiger partial charge in [-0.2, -0.15) is 0 Å². The molecule has 0 spiro atoms. The summed E-state index contributed by atoms with van der Waals surface area (Å²) in [4.78, 5) is 5.15. The minimum Gasteiger partial charge on any atom is -0.315 e. The Labute approximate surface area is 107 Å². The lowest BCUT2D eigenvalue weighted by molar-refractivity contribution is 0.0711. The molecule has 0 aromatic carbocycles. The molecule has 2 rings (SSSR count). The van der Waals surface area contributed by atoms with E-state index in [1.165, 1.54) is 51.6 Å². The number of hydrogen-bond donors (Lipinski definition) is 1. The monoisotopic (exact) mass is 239 g/mol. The van der Waals surface area contributed by atoms with Crippen LogP contribution >= 0.6 is 0 Å². The standard InChI is InChI=1S/C14H29N3/c1-15-13-6-4-5-7-14(13)17(3)12-8-10-16(2)11-9-12/h12-15H,4-11H2,1-3H3/t13-,14+/m1/s1. The Morgan fingerprint density at radius 1 is 1.06 bits per heavy atom. The van der Waals surface area contributed by atoms with Gasteiger partial charge in [0.25, 0.3) is 0 Å². The molecule has 1 heterocycles. The molecule has 1 saturated carbocycles. The van der Waals surface area contributed by atoms with Gasteiger partial charge in [0, 0.05) is 18.1 Å². The van der Waals surface area contributed by atoms with Crippen LogP contribution < -0.4 is 5.32 Å². The Kier molecular flexibility index (Phi) is 4.83. The molecule has 2 fully saturated rings. The molecule has 0 aromatic rings. The van der Waals surface area contributed by atoms with Crippen molar-refractivity contribution in [3.05, 3.63) is 0 Å². The van der Waals surface area contributed by atoms with Crippen molar-refractivity contribution < 1.29 is 0 Å². The molecule has 2 atom stereocenters. The SMILES string of the molecule is CN[C@@H]1CCCC[C@@H]1N(C)C1CCN(C)CC1. The van der Waals surface area contributed by atoms with Crippen LogP contribution in [0.5, 0.6) is 0 Å². The lowest BCUT2D eigenvalue weighted by Crippen LogP contribution is -2.54. The summed E-state index contributed by atoms with van der Waals surface area (Å²) in [7, 11) is 6.73. The zero-order valence-electron chi connectivity index (χ0n) is 11.8. The molecule has 0 radical (unpaired) electrons. The van der Waals surface area contributed by atoms with Crippen LogP contribution in [-0.2, 0) is 0 Å². The summed E-state index contributed by atoms with van der Waals surface area (Å²) in [5.41, 5.74) is 0. The van der Waals surface area contributed by atoms with Gasteiger partial charge in [0.1, 0.15) is 0 Å². The molecular weight excluding hydrogens is 210 g/mol. The first kappa shape index (κ1) is 13.3. The number of likely N-dealkylation sites (tertiary alicyclic amines) is 1. The molecule has 1 aliphatic heterocycles. The molecule has 0 bridgehead atoms. The normalized spacial score (nSPS) is 33.2. The van der Waals surface area contributed by atoms with Crippen molar-refractivity contribution in [1.82, 2.24) is 15.1 Å². The molecule has 1 aliphatic carbocycles. The van der Waals surface area contributed by atoms with Crippen LogP contribution in [0.1, 0.15) is 38.5 Å². The van der Waals surface area contributed by atoms with Crippen LogP contribution in [0.4, 0.5) is 0 Å². The molecule has 17 heavy (non-hydrogen) atoms. The van der Waals surface area contributed by atoms with E-state index in [0.717, 1.165) is 12.1 Å². The molecule has 0 amide bonds. The highest BCUT2D eigenvalue weighted by Crippen LogP contribution is 2.26. The smallest absolute Gasteiger partial charge is 0.0249 e. The maximum Gasteiger partial charge on any atom is 0.0249 e. The summed E-state index contributed by atoms with van der Waals surface area (Å²) in [5, 5.41) is 3.53. The van der Waals surface area contributed by atoms with Gasteiger partial charge in [0.05, 0.1) is 0 Å². The van der Waals surface area contributed by atoms with Crippen LogP contribution in [0.2, 0.25) is 0 Å². The second-order valence-electron chi connectivity index (χ2n) is 5.95. The first-order chi connectivity index (χ1) is 8.22. The molecule has 1 saturated heterocycles. The number of piperidine rings is 1. The number of rotatable bonds is 3. The molecular formula is C14H29N3. The fourth-order valence-electron chi connectivity index (χ4n) is 3.61. The van der Waals surface area contributed by atoms with Gasteiger partial charge in [-0.3, -0.25) is 4.90 Å². The molecule has 3 nitrogen and oxygen atoms in total. The summed E-state index contributed by atoms with van der Waals surface area (Å²) in [6.07, 6.45) is 8.26. The lowest BCUT2D eigenvalue weighted by Gasteiger charge is -2.44. The van der Waals surface area contributed by atoms with Crippen molar-refractivity contribution in [3.63, 3.8) is 0 Å². The minimum absolute atomic E-state index is 0.716. The summed E-state index contributed by atoms with van der Waals surface area (Å²) in [6.45, 7) is 2.54. The summed E-state index contributed by atoms with van der Waals surface area (Å²) >= 11 is 0. The molecule has 0 aromatic heterocycles. The lowest BCUT2D eigenvalue weighted by atomic mass is 9.87. The number of nitrogens with zero attached hydrogens (tertiary/aromatic N) is 2.